The number of thiocarbonyl (C=S) groups is 1. The van der Waals surface area contributed by atoms with Crippen LogP contribution in [0.5, 0.6) is 0 Å². The molecule has 2 N–H and O–H groups in total. The van der Waals surface area contributed by atoms with Gasteiger partial charge in [0.1, 0.15) is 11.1 Å². The van der Waals surface area contributed by atoms with Crippen LogP contribution in [0.25, 0.3) is 0 Å². The summed E-state index contributed by atoms with van der Waals surface area (Å²) in [5, 5.41) is 4.32. The zero-order valence-electron chi connectivity index (χ0n) is 9.09. The van der Waals surface area contributed by atoms with Crippen LogP contribution in [-0.4, -0.2) is 42.2 Å². The van der Waals surface area contributed by atoms with Crippen molar-refractivity contribution in [3.63, 3.8) is 0 Å². The van der Waals surface area contributed by atoms with Crippen molar-refractivity contribution in [1.82, 2.24) is 4.90 Å². The molecule has 5 heteroatoms. The highest BCUT2D eigenvalue weighted by molar-refractivity contribution is 7.80. The minimum atomic E-state index is -0.0637. The Labute approximate surface area is 105 Å². The molecule has 1 fully saturated rings. The third-order valence-corrected chi connectivity index (χ3v) is 3.76. The van der Waals surface area contributed by atoms with Crippen LogP contribution in [0.2, 0.25) is 0 Å². The molecule has 0 bridgehead atoms. The fourth-order valence-corrected chi connectivity index (χ4v) is 2.65. The summed E-state index contributed by atoms with van der Waals surface area (Å²) >= 11 is 6.71. The van der Waals surface area contributed by atoms with E-state index in [1.807, 2.05) is 0 Å². The molecule has 0 radical (unpaired) electrons. The Hall–Kier alpha value is -0.490. The number of thiophene rings is 1. The molecular formula is C11H16N2OS2. The minimum absolute atomic E-state index is 0.0637. The molecule has 0 amide bonds. The molecule has 2 rings (SSSR count). The Morgan fingerprint density at radius 1 is 1.69 bits per heavy atom. The second-order valence-corrected chi connectivity index (χ2v) is 5.20. The monoisotopic (exact) mass is 256 g/mol. The first-order valence-corrected chi connectivity index (χ1v) is 6.75. The Morgan fingerprint density at radius 3 is 3.25 bits per heavy atom. The molecule has 1 atom stereocenters. The van der Waals surface area contributed by atoms with Crippen LogP contribution >= 0.6 is 23.6 Å². The van der Waals surface area contributed by atoms with Crippen LogP contribution in [0, 0.1) is 0 Å². The summed E-state index contributed by atoms with van der Waals surface area (Å²) in [4.78, 5) is 2.84. The summed E-state index contributed by atoms with van der Waals surface area (Å²) in [6, 6.07) is 2.18. The van der Waals surface area contributed by atoms with Gasteiger partial charge in [0.05, 0.1) is 6.61 Å². The van der Waals surface area contributed by atoms with Gasteiger partial charge in [0.15, 0.2) is 0 Å². The summed E-state index contributed by atoms with van der Waals surface area (Å²) in [5.74, 6) is 0. The number of morpholine rings is 1. The highest BCUT2D eigenvalue weighted by atomic mass is 32.1. The zero-order valence-corrected chi connectivity index (χ0v) is 10.7. The van der Waals surface area contributed by atoms with Gasteiger partial charge in [-0.2, -0.15) is 11.3 Å². The van der Waals surface area contributed by atoms with Crippen molar-refractivity contribution in [3.05, 3.63) is 22.4 Å². The number of hydrogen-bond acceptors (Lipinski definition) is 4. The van der Waals surface area contributed by atoms with Gasteiger partial charge in [-0.3, -0.25) is 4.90 Å². The fraction of sp³-hybridized carbons (Fsp3) is 0.545. The fourth-order valence-electron chi connectivity index (χ4n) is 1.80. The van der Waals surface area contributed by atoms with Gasteiger partial charge in [-0.05, 0) is 28.8 Å². The minimum Gasteiger partial charge on any atom is -0.391 e. The maximum absolute atomic E-state index is 5.60. The first-order chi connectivity index (χ1) is 7.75. The molecule has 0 spiro atoms. The van der Waals surface area contributed by atoms with Crippen LogP contribution in [0.3, 0.4) is 0 Å². The Kier molecular flexibility index (Phi) is 4.29. The van der Waals surface area contributed by atoms with Crippen molar-refractivity contribution >= 4 is 28.5 Å². The van der Waals surface area contributed by atoms with Gasteiger partial charge in [0, 0.05) is 19.6 Å². The van der Waals surface area contributed by atoms with E-state index in [0.717, 1.165) is 32.7 Å². The first-order valence-electron chi connectivity index (χ1n) is 5.40. The van der Waals surface area contributed by atoms with Crippen molar-refractivity contribution in [2.45, 2.75) is 12.5 Å². The molecule has 1 aliphatic rings. The van der Waals surface area contributed by atoms with Crippen molar-refractivity contribution in [2.24, 2.45) is 5.73 Å². The van der Waals surface area contributed by atoms with Crippen molar-refractivity contribution in [1.29, 1.82) is 0 Å². The van der Waals surface area contributed by atoms with Gasteiger partial charge in [0.25, 0.3) is 0 Å². The van der Waals surface area contributed by atoms with Gasteiger partial charge in [-0.15, -0.1) is 0 Å². The molecule has 2 heterocycles. The molecule has 0 aromatic carbocycles. The predicted molar refractivity (Wildman–Crippen MR) is 71.0 cm³/mol. The largest absolute Gasteiger partial charge is 0.391 e. The second-order valence-electron chi connectivity index (χ2n) is 3.94. The molecule has 0 saturated carbocycles. The van der Waals surface area contributed by atoms with Crippen LogP contribution in [0.4, 0.5) is 0 Å². The molecule has 1 aromatic rings. The normalized spacial score (nSPS) is 22.1. The lowest BCUT2D eigenvalue weighted by Crippen LogP contribution is -2.48. The van der Waals surface area contributed by atoms with Gasteiger partial charge >= 0.3 is 0 Å². The van der Waals surface area contributed by atoms with Crippen molar-refractivity contribution in [3.8, 4) is 0 Å². The molecule has 1 aromatic heterocycles. The number of rotatable bonds is 4. The zero-order chi connectivity index (χ0) is 11.4. The molecule has 1 saturated heterocycles. The van der Waals surface area contributed by atoms with Gasteiger partial charge in [0.2, 0.25) is 0 Å². The standard InChI is InChI=1S/C11H16N2OS2/c12-11(15)10-7-13(4-5-14-10)3-1-9-2-6-16-8-9/h2,6,8,10H,1,3-5,7H2,(H2,12,15). The SMILES string of the molecule is NC(=S)C1CN(CCc2ccsc2)CCO1. The van der Waals surface area contributed by atoms with Crippen LogP contribution < -0.4 is 5.73 Å². The summed E-state index contributed by atoms with van der Waals surface area (Å²) in [5.41, 5.74) is 7.01. The number of nitrogens with two attached hydrogens (primary N) is 1. The average molecular weight is 256 g/mol. The van der Waals surface area contributed by atoms with E-state index in [0.29, 0.717) is 4.99 Å². The van der Waals surface area contributed by atoms with Crippen molar-refractivity contribution < 1.29 is 4.74 Å². The van der Waals surface area contributed by atoms with E-state index in [1.54, 1.807) is 11.3 Å². The van der Waals surface area contributed by atoms with E-state index in [-0.39, 0.29) is 6.10 Å². The Bertz CT molecular complexity index is 340. The highest BCUT2D eigenvalue weighted by Crippen LogP contribution is 2.10. The number of ether oxygens (including phenoxy) is 1. The highest BCUT2D eigenvalue weighted by Gasteiger charge is 2.21. The summed E-state index contributed by atoms with van der Waals surface area (Å²) < 4.78 is 5.50. The Balaban J connectivity index is 1.79. The van der Waals surface area contributed by atoms with Crippen LogP contribution in [0.1, 0.15) is 5.56 Å². The van der Waals surface area contributed by atoms with Crippen LogP contribution in [-0.2, 0) is 11.2 Å². The maximum atomic E-state index is 5.60. The number of nitrogens with zero attached hydrogens (tertiary/aromatic N) is 1. The second kappa shape index (κ2) is 5.72. The van der Waals surface area contributed by atoms with E-state index >= 15 is 0 Å². The first kappa shape index (κ1) is 12.0. The molecule has 1 aliphatic heterocycles. The lowest BCUT2D eigenvalue weighted by molar-refractivity contribution is 0.00775. The van der Waals surface area contributed by atoms with E-state index in [1.165, 1.54) is 5.56 Å². The van der Waals surface area contributed by atoms with E-state index in [4.69, 9.17) is 22.7 Å². The third-order valence-electron chi connectivity index (χ3n) is 2.76. The molecule has 0 aliphatic carbocycles. The average Bonchev–Trinajstić information content (AvgIpc) is 2.79. The van der Waals surface area contributed by atoms with E-state index in [9.17, 15) is 0 Å². The number of hydrogen-bond donors (Lipinski definition) is 1. The summed E-state index contributed by atoms with van der Waals surface area (Å²) in [7, 11) is 0. The molecule has 1 unspecified atom stereocenters. The molecule has 3 nitrogen and oxygen atoms in total. The quantitative estimate of drug-likeness (QED) is 0.824. The van der Waals surface area contributed by atoms with E-state index < -0.39 is 0 Å². The van der Waals surface area contributed by atoms with Crippen LogP contribution in [0.15, 0.2) is 16.8 Å². The molecule has 88 valence electrons. The van der Waals surface area contributed by atoms with Gasteiger partial charge < -0.3 is 10.5 Å². The maximum Gasteiger partial charge on any atom is 0.120 e. The van der Waals surface area contributed by atoms with E-state index in [2.05, 4.69) is 21.7 Å². The topological polar surface area (TPSA) is 38.5 Å². The lowest BCUT2D eigenvalue weighted by Gasteiger charge is -2.32. The van der Waals surface area contributed by atoms with Gasteiger partial charge in [-0.25, -0.2) is 0 Å². The smallest absolute Gasteiger partial charge is 0.120 e. The molecule has 16 heavy (non-hydrogen) atoms. The Morgan fingerprint density at radius 2 is 2.56 bits per heavy atom. The summed E-state index contributed by atoms with van der Waals surface area (Å²) in [6.45, 7) is 3.59. The van der Waals surface area contributed by atoms with Gasteiger partial charge in [-0.1, -0.05) is 12.2 Å². The summed E-state index contributed by atoms with van der Waals surface area (Å²) in [6.07, 6.45) is 1.03. The molecular weight excluding hydrogens is 240 g/mol. The predicted octanol–water partition coefficient (Wildman–Crippen LogP) is 1.28. The third kappa shape index (κ3) is 3.25. The van der Waals surface area contributed by atoms with Crippen molar-refractivity contribution in [2.75, 3.05) is 26.2 Å². The lowest BCUT2D eigenvalue weighted by atomic mass is 10.2.